The average molecular weight is 465 g/mol. The minimum atomic E-state index is -3.86. The van der Waals surface area contributed by atoms with Crippen LogP contribution in [0.15, 0.2) is 59.5 Å². The molecule has 1 aromatic heterocycles. The summed E-state index contributed by atoms with van der Waals surface area (Å²) in [5, 5.41) is 12.4. The van der Waals surface area contributed by atoms with E-state index in [0.29, 0.717) is 15.7 Å². The largest absolute Gasteiger partial charge is 0.300 e. The van der Waals surface area contributed by atoms with Gasteiger partial charge in [0.05, 0.1) is 10.9 Å². The molecule has 0 aliphatic heterocycles. The molecule has 0 aliphatic carbocycles. The van der Waals surface area contributed by atoms with Gasteiger partial charge < -0.3 is 5.32 Å². The number of carbonyl (C=O) groups excluding carboxylic acids is 1. The van der Waals surface area contributed by atoms with Crippen LogP contribution in [0.25, 0.3) is 0 Å². The second kappa shape index (κ2) is 10.1. The molecule has 7 nitrogen and oxygen atoms in total. The van der Waals surface area contributed by atoms with Gasteiger partial charge in [0.2, 0.25) is 21.1 Å². The fourth-order valence-electron chi connectivity index (χ4n) is 2.76. The number of aryl methyl sites for hydroxylation is 1. The number of nitrogens with one attached hydrogen (secondary N) is 2. The van der Waals surface area contributed by atoms with Gasteiger partial charge in [-0.1, -0.05) is 60.2 Å². The SMILES string of the molecule is CCCc1nnc(NC(=O)CC(NS(=O)(=O)c2ccc(Cl)cc2)c2ccccc2)s1. The molecule has 0 aliphatic rings. The summed E-state index contributed by atoms with van der Waals surface area (Å²) < 4.78 is 28.3. The fourth-order valence-corrected chi connectivity index (χ4v) is 4.96. The van der Waals surface area contributed by atoms with E-state index in [1.54, 1.807) is 24.3 Å². The minimum Gasteiger partial charge on any atom is -0.300 e. The predicted octanol–water partition coefficient (Wildman–Crippen LogP) is 4.19. The highest BCUT2D eigenvalue weighted by Gasteiger charge is 2.24. The van der Waals surface area contributed by atoms with Crippen molar-refractivity contribution in [1.82, 2.24) is 14.9 Å². The minimum absolute atomic E-state index is 0.0709. The molecule has 0 saturated heterocycles. The Balaban J connectivity index is 1.77. The zero-order valence-corrected chi connectivity index (χ0v) is 18.6. The first-order chi connectivity index (χ1) is 14.4. The molecule has 0 radical (unpaired) electrons. The highest BCUT2D eigenvalue weighted by atomic mass is 35.5. The molecular formula is C20H21ClN4O3S2. The second-order valence-electron chi connectivity index (χ2n) is 6.54. The summed E-state index contributed by atoms with van der Waals surface area (Å²) in [5.41, 5.74) is 0.675. The van der Waals surface area contributed by atoms with Crippen molar-refractivity contribution in [2.45, 2.75) is 37.1 Å². The van der Waals surface area contributed by atoms with Crippen LogP contribution in [0.3, 0.4) is 0 Å². The highest BCUT2D eigenvalue weighted by molar-refractivity contribution is 7.89. The number of rotatable bonds is 9. The maximum absolute atomic E-state index is 12.8. The second-order valence-corrected chi connectivity index (χ2v) is 9.75. The Hall–Kier alpha value is -2.33. The van der Waals surface area contributed by atoms with Gasteiger partial charge in [-0.3, -0.25) is 4.79 Å². The Bertz CT molecular complexity index is 1090. The number of aromatic nitrogens is 2. The summed E-state index contributed by atoms with van der Waals surface area (Å²) in [6.45, 7) is 2.04. The van der Waals surface area contributed by atoms with E-state index in [-0.39, 0.29) is 17.2 Å². The van der Waals surface area contributed by atoms with Crippen LogP contribution in [0.1, 0.15) is 36.4 Å². The number of sulfonamides is 1. The van der Waals surface area contributed by atoms with Crippen LogP contribution in [0.5, 0.6) is 0 Å². The van der Waals surface area contributed by atoms with E-state index in [2.05, 4.69) is 20.2 Å². The van der Waals surface area contributed by atoms with Crippen molar-refractivity contribution in [2.24, 2.45) is 0 Å². The van der Waals surface area contributed by atoms with E-state index >= 15 is 0 Å². The van der Waals surface area contributed by atoms with Crippen molar-refractivity contribution in [3.8, 4) is 0 Å². The highest BCUT2D eigenvalue weighted by Crippen LogP contribution is 2.23. The van der Waals surface area contributed by atoms with Gasteiger partial charge in [0.25, 0.3) is 0 Å². The Labute approximate surface area is 184 Å². The van der Waals surface area contributed by atoms with Crippen molar-refractivity contribution in [1.29, 1.82) is 0 Å². The van der Waals surface area contributed by atoms with Crippen LogP contribution >= 0.6 is 22.9 Å². The zero-order chi connectivity index (χ0) is 21.6. The third-order valence-electron chi connectivity index (χ3n) is 4.19. The lowest BCUT2D eigenvalue weighted by molar-refractivity contribution is -0.116. The summed E-state index contributed by atoms with van der Waals surface area (Å²) in [4.78, 5) is 12.7. The van der Waals surface area contributed by atoms with Gasteiger partial charge >= 0.3 is 0 Å². The lowest BCUT2D eigenvalue weighted by Gasteiger charge is -2.19. The molecule has 1 unspecified atom stereocenters. The van der Waals surface area contributed by atoms with Crippen molar-refractivity contribution in [2.75, 3.05) is 5.32 Å². The molecule has 3 aromatic rings. The molecule has 0 spiro atoms. The zero-order valence-electron chi connectivity index (χ0n) is 16.2. The van der Waals surface area contributed by atoms with Crippen LogP contribution in [-0.2, 0) is 21.2 Å². The molecule has 2 aromatic carbocycles. The van der Waals surface area contributed by atoms with E-state index in [1.807, 2.05) is 13.0 Å². The molecule has 0 saturated carbocycles. The lowest BCUT2D eigenvalue weighted by atomic mass is 10.0. The van der Waals surface area contributed by atoms with E-state index in [1.165, 1.54) is 35.6 Å². The van der Waals surface area contributed by atoms with Crippen LogP contribution < -0.4 is 10.0 Å². The molecule has 1 amide bonds. The quantitative estimate of drug-likeness (QED) is 0.494. The normalized spacial score (nSPS) is 12.5. The van der Waals surface area contributed by atoms with Crippen molar-refractivity contribution < 1.29 is 13.2 Å². The number of hydrogen-bond donors (Lipinski definition) is 2. The number of carbonyl (C=O) groups is 1. The summed E-state index contributed by atoms with van der Waals surface area (Å²) in [6, 6.07) is 14.0. The number of anilines is 1. The van der Waals surface area contributed by atoms with E-state index in [0.717, 1.165) is 17.8 Å². The first-order valence-electron chi connectivity index (χ1n) is 9.32. The molecule has 2 N–H and O–H groups in total. The number of halogens is 1. The van der Waals surface area contributed by atoms with E-state index in [4.69, 9.17) is 11.6 Å². The number of benzene rings is 2. The predicted molar refractivity (Wildman–Crippen MR) is 118 cm³/mol. The standard InChI is InChI=1S/C20H21ClN4O3S2/c1-2-6-19-23-24-20(29-19)22-18(26)13-17(14-7-4-3-5-8-14)25-30(27,28)16-11-9-15(21)10-12-16/h3-5,7-12,17,25H,2,6,13H2,1H3,(H,22,24,26). The Morgan fingerprint density at radius 3 is 2.47 bits per heavy atom. The smallest absolute Gasteiger partial charge is 0.241 e. The Morgan fingerprint density at radius 1 is 1.10 bits per heavy atom. The Kier molecular flexibility index (Phi) is 7.54. The average Bonchev–Trinajstić information content (AvgIpc) is 3.15. The van der Waals surface area contributed by atoms with Crippen LogP contribution in [0.2, 0.25) is 5.02 Å². The molecule has 30 heavy (non-hydrogen) atoms. The van der Waals surface area contributed by atoms with E-state index in [9.17, 15) is 13.2 Å². The van der Waals surface area contributed by atoms with Crippen LogP contribution in [0.4, 0.5) is 5.13 Å². The first-order valence-corrected chi connectivity index (χ1v) is 12.0. The fraction of sp³-hybridized carbons (Fsp3) is 0.250. The maximum atomic E-state index is 12.8. The molecule has 0 bridgehead atoms. The van der Waals surface area contributed by atoms with Gasteiger partial charge in [0, 0.05) is 17.9 Å². The third kappa shape index (κ3) is 6.09. The van der Waals surface area contributed by atoms with Gasteiger partial charge in [-0.25, -0.2) is 13.1 Å². The van der Waals surface area contributed by atoms with Gasteiger partial charge in [-0.15, -0.1) is 10.2 Å². The monoisotopic (exact) mass is 464 g/mol. The summed E-state index contributed by atoms with van der Waals surface area (Å²) >= 11 is 7.17. The van der Waals surface area contributed by atoms with Gasteiger partial charge in [0.15, 0.2) is 0 Å². The summed E-state index contributed by atoms with van der Waals surface area (Å²) in [5.74, 6) is -0.359. The van der Waals surface area contributed by atoms with Crippen LogP contribution in [0, 0.1) is 0 Å². The van der Waals surface area contributed by atoms with Gasteiger partial charge in [0.1, 0.15) is 5.01 Å². The molecule has 0 fully saturated rings. The molecule has 10 heteroatoms. The van der Waals surface area contributed by atoms with Gasteiger partial charge in [-0.05, 0) is 36.2 Å². The third-order valence-corrected chi connectivity index (χ3v) is 6.83. The van der Waals surface area contributed by atoms with E-state index < -0.39 is 16.1 Å². The molecule has 1 atom stereocenters. The number of hydrogen-bond acceptors (Lipinski definition) is 6. The Morgan fingerprint density at radius 2 is 1.80 bits per heavy atom. The van der Waals surface area contributed by atoms with Gasteiger partial charge in [-0.2, -0.15) is 0 Å². The molecule has 158 valence electrons. The van der Waals surface area contributed by atoms with Crippen molar-refractivity contribution >= 4 is 44.0 Å². The molecular weight excluding hydrogens is 444 g/mol. The maximum Gasteiger partial charge on any atom is 0.241 e. The summed E-state index contributed by atoms with van der Waals surface area (Å²) in [7, 11) is -3.86. The molecule has 3 rings (SSSR count). The number of nitrogens with zero attached hydrogens (tertiary/aromatic N) is 2. The lowest BCUT2D eigenvalue weighted by Crippen LogP contribution is -2.31. The topological polar surface area (TPSA) is 101 Å². The molecule has 1 heterocycles. The summed E-state index contributed by atoms with van der Waals surface area (Å²) in [6.07, 6.45) is 1.63. The van der Waals surface area contributed by atoms with Crippen molar-refractivity contribution in [3.05, 3.63) is 70.2 Å². The number of amides is 1. The first kappa shape index (κ1) is 22.4. The van der Waals surface area contributed by atoms with Crippen molar-refractivity contribution in [3.63, 3.8) is 0 Å². The van der Waals surface area contributed by atoms with Crippen LogP contribution in [-0.4, -0.2) is 24.5 Å².